The first kappa shape index (κ1) is 15.0. The molecule has 1 amide bonds. The van der Waals surface area contributed by atoms with Gasteiger partial charge in [0.1, 0.15) is 6.61 Å². The molecule has 0 saturated heterocycles. The predicted octanol–water partition coefficient (Wildman–Crippen LogP) is 1.36. The Morgan fingerprint density at radius 3 is 2.63 bits per heavy atom. The third-order valence-corrected chi connectivity index (χ3v) is 2.58. The van der Waals surface area contributed by atoms with Crippen LogP contribution in [0.25, 0.3) is 0 Å². The van der Waals surface area contributed by atoms with Gasteiger partial charge in [-0.1, -0.05) is 6.92 Å². The van der Waals surface area contributed by atoms with Gasteiger partial charge in [-0.25, -0.2) is 4.79 Å². The van der Waals surface area contributed by atoms with Gasteiger partial charge < -0.3 is 20.5 Å². The summed E-state index contributed by atoms with van der Waals surface area (Å²) in [5, 5.41) is 8.84. The number of rotatable bonds is 6. The Morgan fingerprint density at radius 2 is 2.11 bits per heavy atom. The number of benzene rings is 1. The molecule has 1 aromatic rings. The minimum absolute atomic E-state index is 0.0234. The van der Waals surface area contributed by atoms with Gasteiger partial charge in [0.15, 0.2) is 0 Å². The highest BCUT2D eigenvalue weighted by Crippen LogP contribution is 2.23. The number of carboxylic acids is 1. The van der Waals surface area contributed by atoms with E-state index < -0.39 is 5.97 Å². The standard InChI is InChI=1S/C13H18N2O4/c1-3-6-19-8-12(16)15(2)11-5-4-9(13(17)18)7-10(11)14/h4-5,7H,3,6,8,14H2,1-2H3,(H,17,18). The number of aromatic carboxylic acids is 1. The molecule has 0 fully saturated rings. The molecule has 0 aliphatic carbocycles. The molecule has 6 nitrogen and oxygen atoms in total. The Morgan fingerprint density at radius 1 is 1.42 bits per heavy atom. The molecular formula is C13H18N2O4. The minimum atomic E-state index is -1.06. The number of amides is 1. The monoisotopic (exact) mass is 266 g/mol. The van der Waals surface area contributed by atoms with E-state index in [2.05, 4.69) is 0 Å². The summed E-state index contributed by atoms with van der Waals surface area (Å²) < 4.78 is 5.16. The van der Waals surface area contributed by atoms with Gasteiger partial charge in [0.05, 0.1) is 16.9 Å². The van der Waals surface area contributed by atoms with Crippen molar-refractivity contribution in [1.82, 2.24) is 0 Å². The van der Waals surface area contributed by atoms with Crippen molar-refractivity contribution in [1.29, 1.82) is 0 Å². The molecule has 0 saturated carbocycles. The molecule has 0 radical (unpaired) electrons. The first-order valence-electron chi connectivity index (χ1n) is 5.94. The van der Waals surface area contributed by atoms with Crippen LogP contribution < -0.4 is 10.6 Å². The third-order valence-electron chi connectivity index (χ3n) is 2.58. The lowest BCUT2D eigenvalue weighted by Gasteiger charge is -2.19. The molecule has 0 spiro atoms. The van der Waals surface area contributed by atoms with Crippen LogP contribution in [-0.4, -0.2) is 37.2 Å². The van der Waals surface area contributed by atoms with Crippen LogP contribution in [0.3, 0.4) is 0 Å². The van der Waals surface area contributed by atoms with Crippen LogP contribution >= 0.6 is 0 Å². The second kappa shape index (κ2) is 6.75. The van der Waals surface area contributed by atoms with Crippen molar-refractivity contribution in [3.05, 3.63) is 23.8 Å². The van der Waals surface area contributed by atoms with E-state index in [9.17, 15) is 9.59 Å². The number of nitrogen functional groups attached to an aromatic ring is 1. The van der Waals surface area contributed by atoms with Crippen molar-refractivity contribution in [2.45, 2.75) is 13.3 Å². The average molecular weight is 266 g/mol. The van der Waals surface area contributed by atoms with Crippen molar-refractivity contribution in [2.75, 3.05) is 30.9 Å². The maximum atomic E-state index is 11.8. The SMILES string of the molecule is CCCOCC(=O)N(C)c1ccc(C(=O)O)cc1N. The number of nitrogens with two attached hydrogens (primary N) is 1. The van der Waals surface area contributed by atoms with Gasteiger partial charge in [-0.2, -0.15) is 0 Å². The molecule has 104 valence electrons. The van der Waals surface area contributed by atoms with Crippen molar-refractivity contribution in [3.63, 3.8) is 0 Å². The van der Waals surface area contributed by atoms with Crippen LogP contribution in [-0.2, 0) is 9.53 Å². The zero-order chi connectivity index (χ0) is 14.4. The first-order chi connectivity index (χ1) is 8.97. The van der Waals surface area contributed by atoms with Crippen molar-refractivity contribution in [2.24, 2.45) is 0 Å². The zero-order valence-electron chi connectivity index (χ0n) is 11.0. The normalized spacial score (nSPS) is 10.2. The second-order valence-corrected chi connectivity index (χ2v) is 4.08. The number of carboxylic acid groups (broad SMARTS) is 1. The molecule has 3 N–H and O–H groups in total. The van der Waals surface area contributed by atoms with E-state index in [4.69, 9.17) is 15.6 Å². The highest BCUT2D eigenvalue weighted by atomic mass is 16.5. The summed E-state index contributed by atoms with van der Waals surface area (Å²) in [5.74, 6) is -1.29. The van der Waals surface area contributed by atoms with Gasteiger partial charge in [-0.05, 0) is 24.6 Å². The van der Waals surface area contributed by atoms with Crippen molar-refractivity contribution < 1.29 is 19.4 Å². The number of hydrogen-bond acceptors (Lipinski definition) is 4. The largest absolute Gasteiger partial charge is 0.478 e. The molecule has 1 aromatic carbocycles. The number of carbonyl (C=O) groups excluding carboxylic acids is 1. The van der Waals surface area contributed by atoms with E-state index in [1.807, 2.05) is 6.92 Å². The van der Waals surface area contributed by atoms with Gasteiger partial charge in [0, 0.05) is 13.7 Å². The number of hydrogen-bond donors (Lipinski definition) is 2. The summed E-state index contributed by atoms with van der Waals surface area (Å²) in [6, 6.07) is 4.25. The number of likely N-dealkylation sites (N-methyl/N-ethyl adjacent to an activating group) is 1. The van der Waals surface area contributed by atoms with Gasteiger partial charge in [0.2, 0.25) is 0 Å². The predicted molar refractivity (Wildman–Crippen MR) is 72.3 cm³/mol. The van der Waals surface area contributed by atoms with Crippen LogP contribution in [0, 0.1) is 0 Å². The van der Waals surface area contributed by atoms with Gasteiger partial charge in [0.25, 0.3) is 5.91 Å². The fourth-order valence-corrected chi connectivity index (χ4v) is 1.53. The minimum Gasteiger partial charge on any atom is -0.478 e. The summed E-state index contributed by atoms with van der Waals surface area (Å²) in [5.41, 5.74) is 6.55. The summed E-state index contributed by atoms with van der Waals surface area (Å²) in [7, 11) is 1.57. The van der Waals surface area contributed by atoms with Gasteiger partial charge in [-0.15, -0.1) is 0 Å². The lowest BCUT2D eigenvalue weighted by Crippen LogP contribution is -2.30. The average Bonchev–Trinajstić information content (AvgIpc) is 2.37. The van der Waals surface area contributed by atoms with Crippen LogP contribution in [0.5, 0.6) is 0 Å². The molecule has 0 aliphatic heterocycles. The highest BCUT2D eigenvalue weighted by Gasteiger charge is 2.15. The van der Waals surface area contributed by atoms with Crippen molar-refractivity contribution in [3.8, 4) is 0 Å². The van der Waals surface area contributed by atoms with Crippen LogP contribution in [0.4, 0.5) is 11.4 Å². The van der Waals surface area contributed by atoms with Gasteiger partial charge in [-0.3, -0.25) is 4.79 Å². The van der Waals surface area contributed by atoms with E-state index in [-0.39, 0.29) is 23.8 Å². The number of anilines is 2. The quantitative estimate of drug-likeness (QED) is 0.599. The Labute approximate surface area is 111 Å². The molecular weight excluding hydrogens is 248 g/mol. The molecule has 0 bridgehead atoms. The molecule has 0 atom stereocenters. The molecule has 6 heteroatoms. The second-order valence-electron chi connectivity index (χ2n) is 4.08. The van der Waals surface area contributed by atoms with E-state index in [0.29, 0.717) is 12.3 Å². The summed E-state index contributed by atoms with van der Waals surface area (Å²) in [6.07, 6.45) is 0.840. The lowest BCUT2D eigenvalue weighted by atomic mass is 10.1. The van der Waals surface area contributed by atoms with E-state index in [1.165, 1.54) is 23.1 Å². The zero-order valence-corrected chi connectivity index (χ0v) is 11.0. The topological polar surface area (TPSA) is 92.9 Å². The molecule has 0 aromatic heterocycles. The third kappa shape index (κ3) is 3.96. The maximum absolute atomic E-state index is 11.8. The Hall–Kier alpha value is -2.08. The summed E-state index contributed by atoms with van der Waals surface area (Å²) >= 11 is 0. The highest BCUT2D eigenvalue weighted by molar-refractivity contribution is 5.98. The van der Waals surface area contributed by atoms with Crippen molar-refractivity contribution >= 4 is 23.3 Å². The molecule has 0 unspecified atom stereocenters. The van der Waals surface area contributed by atoms with Crippen LogP contribution in [0.1, 0.15) is 23.7 Å². The first-order valence-corrected chi connectivity index (χ1v) is 5.94. The molecule has 19 heavy (non-hydrogen) atoms. The van der Waals surface area contributed by atoms with Crippen LogP contribution in [0.15, 0.2) is 18.2 Å². The number of ether oxygens (including phenoxy) is 1. The van der Waals surface area contributed by atoms with Gasteiger partial charge >= 0.3 is 5.97 Å². The molecule has 0 heterocycles. The Bertz CT molecular complexity index is 474. The van der Waals surface area contributed by atoms with E-state index in [1.54, 1.807) is 7.05 Å². The van der Waals surface area contributed by atoms with Crippen LogP contribution in [0.2, 0.25) is 0 Å². The molecule has 1 rings (SSSR count). The van der Waals surface area contributed by atoms with E-state index >= 15 is 0 Å². The smallest absolute Gasteiger partial charge is 0.335 e. The van der Waals surface area contributed by atoms with E-state index in [0.717, 1.165) is 6.42 Å². The Kier molecular flexibility index (Phi) is 5.32. The summed E-state index contributed by atoms with van der Waals surface area (Å²) in [6.45, 7) is 2.45. The number of nitrogens with zero attached hydrogens (tertiary/aromatic N) is 1. The fraction of sp³-hybridized carbons (Fsp3) is 0.385. The Balaban J connectivity index is 2.79. The fourth-order valence-electron chi connectivity index (χ4n) is 1.53. The molecule has 0 aliphatic rings. The number of carbonyl (C=O) groups is 2. The maximum Gasteiger partial charge on any atom is 0.335 e. The lowest BCUT2D eigenvalue weighted by molar-refractivity contribution is -0.122. The summed E-state index contributed by atoms with van der Waals surface area (Å²) in [4.78, 5) is 24.0.